The molecule has 2 N–H and O–H groups in total. The van der Waals surface area contributed by atoms with Gasteiger partial charge < -0.3 is 10.3 Å². The van der Waals surface area contributed by atoms with Crippen LogP contribution in [0.25, 0.3) is 22.2 Å². The molecule has 0 aliphatic carbocycles. The minimum absolute atomic E-state index is 0. The fourth-order valence-corrected chi connectivity index (χ4v) is 3.55. The number of hydrogen-bond donors (Lipinski definition) is 1. The van der Waals surface area contributed by atoms with E-state index in [0.717, 1.165) is 22.2 Å². The lowest BCUT2D eigenvalue weighted by molar-refractivity contribution is 0.553. The molecule has 0 atom stereocenters. The molecule has 1 aromatic heterocycles. The summed E-state index contributed by atoms with van der Waals surface area (Å²) in [5, 5.41) is 0. The SMILES string of the molecule is Cc1nc2c(-c3ccc(S(C)(=O)=O)cc3)cccc2n1C/C(F)=C/CN.Cl. The van der Waals surface area contributed by atoms with Crippen LogP contribution in [0.3, 0.4) is 0 Å². The maximum absolute atomic E-state index is 13.9. The van der Waals surface area contributed by atoms with Gasteiger partial charge >= 0.3 is 0 Å². The van der Waals surface area contributed by atoms with Crippen LogP contribution in [0.2, 0.25) is 0 Å². The number of rotatable bonds is 5. The monoisotopic (exact) mass is 409 g/mol. The first-order valence-electron chi connectivity index (χ1n) is 8.12. The number of nitrogens with two attached hydrogens (primary N) is 1. The van der Waals surface area contributed by atoms with Gasteiger partial charge in [0.2, 0.25) is 0 Å². The third-order valence-electron chi connectivity index (χ3n) is 4.21. The molecule has 27 heavy (non-hydrogen) atoms. The van der Waals surface area contributed by atoms with E-state index in [0.29, 0.717) is 5.82 Å². The number of benzene rings is 2. The number of aryl methyl sites for hydroxylation is 1. The van der Waals surface area contributed by atoms with Crippen LogP contribution < -0.4 is 5.73 Å². The number of allylic oxidation sites excluding steroid dienone is 1. The van der Waals surface area contributed by atoms with Gasteiger partial charge in [0.05, 0.1) is 22.5 Å². The molecule has 0 saturated carbocycles. The van der Waals surface area contributed by atoms with Gasteiger partial charge in [0.25, 0.3) is 0 Å². The van der Waals surface area contributed by atoms with Gasteiger partial charge in [-0.1, -0.05) is 24.3 Å². The summed E-state index contributed by atoms with van der Waals surface area (Å²) in [4.78, 5) is 4.86. The van der Waals surface area contributed by atoms with Crippen LogP contribution in [0.5, 0.6) is 0 Å². The smallest absolute Gasteiger partial charge is 0.175 e. The standard InChI is InChI=1S/C19H20FN3O2S.ClH/c1-13-22-19-17(14-6-8-16(9-7-14)26(2,24)25)4-3-5-18(19)23(13)12-15(20)10-11-21;/h3-10H,11-12,21H2,1-2H3;1H/b15-10-;. The Hall–Kier alpha value is -2.22. The molecular weight excluding hydrogens is 389 g/mol. The average Bonchev–Trinajstić information content (AvgIpc) is 2.90. The van der Waals surface area contributed by atoms with E-state index in [1.807, 2.05) is 25.1 Å². The molecule has 8 heteroatoms. The van der Waals surface area contributed by atoms with Crippen LogP contribution in [0, 0.1) is 6.92 Å². The number of hydrogen-bond acceptors (Lipinski definition) is 4. The lowest BCUT2D eigenvalue weighted by atomic mass is 10.0. The van der Waals surface area contributed by atoms with Gasteiger partial charge in [-0.25, -0.2) is 17.8 Å². The highest BCUT2D eigenvalue weighted by molar-refractivity contribution is 7.90. The van der Waals surface area contributed by atoms with Gasteiger partial charge in [0.15, 0.2) is 9.84 Å². The van der Waals surface area contributed by atoms with E-state index >= 15 is 0 Å². The van der Waals surface area contributed by atoms with Gasteiger partial charge in [0, 0.05) is 18.4 Å². The summed E-state index contributed by atoms with van der Waals surface area (Å²) < 4.78 is 39.0. The van der Waals surface area contributed by atoms with Gasteiger partial charge in [-0.05, 0) is 36.8 Å². The van der Waals surface area contributed by atoms with Crippen molar-refractivity contribution in [2.75, 3.05) is 12.8 Å². The van der Waals surface area contributed by atoms with Crippen molar-refractivity contribution in [2.45, 2.75) is 18.4 Å². The zero-order valence-electron chi connectivity index (χ0n) is 15.0. The first-order valence-corrected chi connectivity index (χ1v) is 10.0. The van der Waals surface area contributed by atoms with Crippen molar-refractivity contribution in [2.24, 2.45) is 5.73 Å². The Morgan fingerprint density at radius 2 is 1.89 bits per heavy atom. The minimum atomic E-state index is -3.24. The van der Waals surface area contributed by atoms with E-state index in [2.05, 4.69) is 4.98 Å². The Kier molecular flexibility index (Phi) is 6.41. The van der Waals surface area contributed by atoms with Crippen molar-refractivity contribution in [1.82, 2.24) is 9.55 Å². The van der Waals surface area contributed by atoms with Crippen molar-refractivity contribution in [3.63, 3.8) is 0 Å². The van der Waals surface area contributed by atoms with Crippen molar-refractivity contribution in [1.29, 1.82) is 0 Å². The number of sulfone groups is 1. The largest absolute Gasteiger partial charge is 0.327 e. The Bertz CT molecular complexity index is 1090. The van der Waals surface area contributed by atoms with E-state index < -0.39 is 9.84 Å². The fraction of sp³-hybridized carbons (Fsp3) is 0.211. The third-order valence-corrected chi connectivity index (χ3v) is 5.34. The zero-order chi connectivity index (χ0) is 18.9. The summed E-state index contributed by atoms with van der Waals surface area (Å²) in [6.45, 7) is 2.05. The van der Waals surface area contributed by atoms with Crippen LogP contribution in [-0.4, -0.2) is 30.8 Å². The number of halogens is 2. The summed E-state index contributed by atoms with van der Waals surface area (Å²) in [5.41, 5.74) is 8.65. The lowest BCUT2D eigenvalue weighted by Crippen LogP contribution is -2.03. The van der Waals surface area contributed by atoms with Crippen molar-refractivity contribution < 1.29 is 12.8 Å². The van der Waals surface area contributed by atoms with Crippen LogP contribution in [0.15, 0.2) is 59.3 Å². The van der Waals surface area contributed by atoms with Gasteiger partial charge in [-0.3, -0.25) is 0 Å². The van der Waals surface area contributed by atoms with Crippen LogP contribution in [0.1, 0.15) is 5.82 Å². The molecule has 3 aromatic rings. The molecule has 0 spiro atoms. The van der Waals surface area contributed by atoms with E-state index in [-0.39, 0.29) is 36.2 Å². The molecule has 3 rings (SSSR count). The maximum atomic E-state index is 13.9. The van der Waals surface area contributed by atoms with Crippen LogP contribution in [0.4, 0.5) is 4.39 Å². The van der Waals surface area contributed by atoms with Gasteiger partial charge in [-0.15, -0.1) is 12.4 Å². The number of imidazole rings is 1. The predicted molar refractivity (Wildman–Crippen MR) is 109 cm³/mol. The molecule has 0 fully saturated rings. The summed E-state index contributed by atoms with van der Waals surface area (Å²) in [5.74, 6) is 0.388. The topological polar surface area (TPSA) is 78.0 Å². The molecule has 0 radical (unpaired) electrons. The quantitative estimate of drug-likeness (QED) is 0.697. The fourth-order valence-electron chi connectivity index (χ4n) is 2.92. The second-order valence-corrected chi connectivity index (χ2v) is 8.12. The molecule has 0 unspecified atom stereocenters. The average molecular weight is 410 g/mol. The molecular formula is C19H21ClFN3O2S. The van der Waals surface area contributed by atoms with Gasteiger partial charge in [-0.2, -0.15) is 0 Å². The molecule has 0 saturated heterocycles. The molecule has 5 nitrogen and oxygen atoms in total. The highest BCUT2D eigenvalue weighted by atomic mass is 35.5. The van der Waals surface area contributed by atoms with Crippen molar-refractivity contribution >= 4 is 33.3 Å². The Morgan fingerprint density at radius 3 is 2.48 bits per heavy atom. The Balaban J connectivity index is 0.00000261. The lowest BCUT2D eigenvalue weighted by Gasteiger charge is -2.07. The van der Waals surface area contributed by atoms with Crippen LogP contribution in [-0.2, 0) is 16.4 Å². The minimum Gasteiger partial charge on any atom is -0.327 e. The van der Waals surface area contributed by atoms with Gasteiger partial charge in [0.1, 0.15) is 11.7 Å². The molecule has 2 aromatic carbocycles. The second kappa shape index (κ2) is 8.21. The summed E-state index contributed by atoms with van der Waals surface area (Å²) in [6.07, 6.45) is 2.52. The highest BCUT2D eigenvalue weighted by Gasteiger charge is 2.14. The number of para-hydroxylation sites is 1. The normalized spacial score (nSPS) is 12.2. The number of aromatic nitrogens is 2. The van der Waals surface area contributed by atoms with E-state index in [1.165, 1.54) is 12.3 Å². The van der Waals surface area contributed by atoms with E-state index in [9.17, 15) is 12.8 Å². The van der Waals surface area contributed by atoms with Crippen LogP contribution >= 0.6 is 12.4 Å². The second-order valence-electron chi connectivity index (χ2n) is 6.10. The van der Waals surface area contributed by atoms with E-state index in [4.69, 9.17) is 5.73 Å². The molecule has 0 amide bonds. The van der Waals surface area contributed by atoms with E-state index in [1.54, 1.807) is 28.8 Å². The maximum Gasteiger partial charge on any atom is 0.175 e. The third kappa shape index (κ3) is 4.37. The first-order chi connectivity index (χ1) is 12.3. The van der Waals surface area contributed by atoms with Crippen molar-refractivity contribution in [3.8, 4) is 11.1 Å². The summed E-state index contributed by atoms with van der Waals surface area (Å²) in [7, 11) is -3.24. The number of fused-ring (bicyclic) bond motifs is 1. The predicted octanol–water partition coefficient (Wildman–Crippen LogP) is 3.65. The summed E-state index contributed by atoms with van der Waals surface area (Å²) >= 11 is 0. The molecule has 0 aliphatic rings. The number of nitrogens with zero attached hydrogens (tertiary/aromatic N) is 2. The highest BCUT2D eigenvalue weighted by Crippen LogP contribution is 2.30. The molecule has 144 valence electrons. The molecule has 1 heterocycles. The molecule has 0 bridgehead atoms. The Morgan fingerprint density at radius 1 is 1.22 bits per heavy atom. The first kappa shape index (κ1) is 21.1. The zero-order valence-corrected chi connectivity index (χ0v) is 16.6. The summed E-state index contributed by atoms with van der Waals surface area (Å²) in [6, 6.07) is 12.4. The molecule has 0 aliphatic heterocycles. The Labute approximate surface area is 164 Å². The van der Waals surface area contributed by atoms with Crippen molar-refractivity contribution in [3.05, 3.63) is 60.2 Å².